The zero-order valence-electron chi connectivity index (χ0n) is 36.0. The highest BCUT2D eigenvalue weighted by Crippen LogP contribution is 2.53. The number of halogens is 6. The molecular weight excluding hydrogens is 873 g/mol. The highest BCUT2D eigenvalue weighted by molar-refractivity contribution is 7.00. The van der Waals surface area contributed by atoms with Crippen molar-refractivity contribution in [2.24, 2.45) is 0 Å². The predicted molar refractivity (Wildman–Crippen MR) is 257 cm³/mol. The summed E-state index contributed by atoms with van der Waals surface area (Å²) in [5, 5.41) is 0. The maximum absolute atomic E-state index is 14.1. The average molecular weight is 914 g/mol. The first-order valence-electron chi connectivity index (χ1n) is 22.4. The van der Waals surface area contributed by atoms with Crippen molar-refractivity contribution in [1.82, 2.24) is 8.75 Å². The molecule has 1 heterocycles. The second-order valence-corrected chi connectivity index (χ2v) is 17.9. The van der Waals surface area contributed by atoms with E-state index in [1.54, 1.807) is 60.7 Å². The molecule has 1 aromatic heterocycles. The molecule has 0 N–H and O–H groups in total. The van der Waals surface area contributed by atoms with E-state index in [0.717, 1.165) is 46.1 Å². The quantitative estimate of drug-likeness (QED) is 0.142. The summed E-state index contributed by atoms with van der Waals surface area (Å²) in [6, 6.07) is 52.8. The lowest BCUT2D eigenvalue weighted by molar-refractivity contribution is -0.137. The molecule has 0 bridgehead atoms. The molecule has 0 spiro atoms. The fraction of sp³-hybridized carbons (Fsp3) is 0.158. The van der Waals surface area contributed by atoms with Crippen LogP contribution in [0.4, 0.5) is 43.4 Å². The van der Waals surface area contributed by atoms with Crippen molar-refractivity contribution in [3.8, 4) is 44.5 Å². The lowest BCUT2D eigenvalue weighted by atomic mass is 9.82. The Balaban J connectivity index is 1.02. The highest BCUT2D eigenvalue weighted by atomic mass is 32.1. The van der Waals surface area contributed by atoms with E-state index in [-0.39, 0.29) is 17.0 Å². The Bertz CT molecular complexity index is 3160. The van der Waals surface area contributed by atoms with Crippen molar-refractivity contribution in [3.63, 3.8) is 0 Å². The first-order valence-corrected chi connectivity index (χ1v) is 23.2. The van der Waals surface area contributed by atoms with Gasteiger partial charge in [-0.3, -0.25) is 0 Å². The minimum Gasteiger partial charge on any atom is -0.308 e. The minimum absolute atomic E-state index is 0.0440. The second-order valence-electron chi connectivity index (χ2n) is 17.4. The van der Waals surface area contributed by atoms with Gasteiger partial charge in [0.15, 0.2) is 0 Å². The molecule has 0 saturated heterocycles. The number of nitrogens with zero attached hydrogens (tertiary/aromatic N) is 3. The van der Waals surface area contributed by atoms with Gasteiger partial charge in [0.05, 0.1) is 28.5 Å². The zero-order valence-corrected chi connectivity index (χ0v) is 36.8. The molecule has 1 unspecified atom stereocenters. The van der Waals surface area contributed by atoms with E-state index in [1.807, 2.05) is 17.0 Å². The topological polar surface area (TPSA) is 29.0 Å². The maximum Gasteiger partial charge on any atom is 0.417 e. The monoisotopic (exact) mass is 913 g/mol. The Morgan fingerprint density at radius 1 is 0.433 bits per heavy atom. The van der Waals surface area contributed by atoms with Crippen LogP contribution in [0.2, 0.25) is 0 Å². The Kier molecular flexibility index (Phi) is 10.8. The Labute approximate surface area is 388 Å². The molecule has 2 aliphatic rings. The number of fused-ring (bicyclic) bond motifs is 4. The maximum atomic E-state index is 14.1. The van der Waals surface area contributed by atoms with Crippen LogP contribution >= 0.6 is 11.7 Å². The van der Waals surface area contributed by atoms with Crippen molar-refractivity contribution in [2.45, 2.75) is 56.3 Å². The number of aromatic nitrogens is 2. The first kappa shape index (κ1) is 42.6. The molecule has 8 aromatic carbocycles. The summed E-state index contributed by atoms with van der Waals surface area (Å²) < 4.78 is 94.6. The van der Waals surface area contributed by atoms with Gasteiger partial charge in [-0.25, -0.2) is 0 Å². The van der Waals surface area contributed by atoms with Gasteiger partial charge in [-0.15, -0.1) is 0 Å². The van der Waals surface area contributed by atoms with Crippen molar-refractivity contribution in [2.75, 3.05) is 4.90 Å². The Morgan fingerprint density at radius 2 is 0.940 bits per heavy atom. The number of hydrogen-bond donors (Lipinski definition) is 0. The summed E-state index contributed by atoms with van der Waals surface area (Å²) >= 11 is 1.08. The van der Waals surface area contributed by atoms with Gasteiger partial charge in [0, 0.05) is 22.9 Å². The van der Waals surface area contributed by atoms with Crippen LogP contribution in [0.15, 0.2) is 176 Å². The fourth-order valence-corrected chi connectivity index (χ4v) is 11.0. The van der Waals surface area contributed by atoms with Crippen LogP contribution in [0.3, 0.4) is 0 Å². The smallest absolute Gasteiger partial charge is 0.308 e. The third-order valence-corrected chi connectivity index (χ3v) is 14.1. The van der Waals surface area contributed by atoms with Crippen molar-refractivity contribution in [1.29, 1.82) is 0 Å². The van der Waals surface area contributed by atoms with E-state index in [9.17, 15) is 26.3 Å². The molecule has 1 fully saturated rings. The largest absolute Gasteiger partial charge is 0.417 e. The van der Waals surface area contributed by atoms with Gasteiger partial charge in [0.2, 0.25) is 0 Å². The zero-order chi connectivity index (χ0) is 45.9. The summed E-state index contributed by atoms with van der Waals surface area (Å²) in [6.45, 7) is 0. The highest BCUT2D eigenvalue weighted by Gasteiger charge is 2.36. The van der Waals surface area contributed by atoms with Gasteiger partial charge in [0.25, 0.3) is 0 Å². The molecule has 2 aliphatic carbocycles. The number of anilines is 3. The molecule has 11 rings (SSSR count). The van der Waals surface area contributed by atoms with Gasteiger partial charge < -0.3 is 4.90 Å². The van der Waals surface area contributed by atoms with E-state index in [4.69, 9.17) is 8.75 Å². The molecule has 0 aliphatic heterocycles. The molecule has 332 valence electrons. The molecule has 67 heavy (non-hydrogen) atoms. The second kappa shape index (κ2) is 17.0. The van der Waals surface area contributed by atoms with E-state index in [2.05, 4.69) is 66.7 Å². The third-order valence-electron chi connectivity index (χ3n) is 13.6. The van der Waals surface area contributed by atoms with E-state index in [0.29, 0.717) is 45.1 Å². The summed E-state index contributed by atoms with van der Waals surface area (Å²) in [7, 11) is 0. The van der Waals surface area contributed by atoms with Crippen molar-refractivity contribution >= 4 is 39.8 Å². The Hall–Kier alpha value is -7.04. The molecule has 0 amide bonds. The lowest BCUT2D eigenvalue weighted by Crippen LogP contribution is -2.11. The molecule has 1 saturated carbocycles. The van der Waals surface area contributed by atoms with E-state index < -0.39 is 23.5 Å². The molecule has 10 heteroatoms. The Morgan fingerprint density at radius 3 is 1.54 bits per heavy atom. The molecule has 0 radical (unpaired) electrons. The van der Waals surface area contributed by atoms with Crippen LogP contribution < -0.4 is 4.90 Å². The van der Waals surface area contributed by atoms with Crippen LogP contribution in [0.25, 0.3) is 55.5 Å². The van der Waals surface area contributed by atoms with Crippen molar-refractivity contribution in [3.05, 3.63) is 209 Å². The number of benzene rings is 8. The molecule has 3 nitrogen and oxygen atoms in total. The average Bonchev–Trinajstić information content (AvgIpc) is 3.99. The first-order chi connectivity index (χ1) is 32.5. The van der Waals surface area contributed by atoms with Gasteiger partial charge in [-0.1, -0.05) is 147 Å². The normalized spacial score (nSPS) is 15.1. The number of hydrogen-bond acceptors (Lipinski definition) is 4. The van der Waals surface area contributed by atoms with Crippen LogP contribution in [0.5, 0.6) is 0 Å². The number of alkyl halides is 6. The minimum atomic E-state index is -4.56. The van der Waals surface area contributed by atoms with Gasteiger partial charge in [-0.05, 0) is 128 Å². The van der Waals surface area contributed by atoms with Gasteiger partial charge in [0.1, 0.15) is 11.0 Å². The van der Waals surface area contributed by atoms with Crippen molar-refractivity contribution < 1.29 is 26.3 Å². The van der Waals surface area contributed by atoms with E-state index in [1.165, 1.54) is 78.6 Å². The fourth-order valence-electron chi connectivity index (χ4n) is 10.5. The van der Waals surface area contributed by atoms with Crippen LogP contribution in [-0.2, 0) is 12.4 Å². The van der Waals surface area contributed by atoms with Crippen LogP contribution in [0.1, 0.15) is 77.3 Å². The van der Waals surface area contributed by atoms with Gasteiger partial charge >= 0.3 is 12.4 Å². The molecule has 1 atom stereocenters. The van der Waals surface area contributed by atoms with Crippen LogP contribution in [0, 0.1) is 0 Å². The van der Waals surface area contributed by atoms with E-state index >= 15 is 0 Å². The summed E-state index contributed by atoms with van der Waals surface area (Å²) in [6.07, 6.45) is -2.74. The van der Waals surface area contributed by atoms with Gasteiger partial charge in [-0.2, -0.15) is 35.1 Å². The lowest BCUT2D eigenvalue weighted by Gasteiger charge is -2.27. The SMILES string of the molecule is FC(F)(F)c1ccccc1-c1ccc(N(c2ccc(-c3ccccc3C(F)(F)F)cc2)c2ccc(-c3cccc4c3-c3ccccc3C4c3ccc(C4CCCCC4)cc3)c3nsnc23)cc1. The molecule has 9 aromatic rings. The molecular formula is C57H41F6N3S. The summed E-state index contributed by atoms with van der Waals surface area (Å²) in [5.74, 6) is 0.661. The summed E-state index contributed by atoms with van der Waals surface area (Å²) in [4.78, 5) is 1.92. The number of rotatable bonds is 8. The third kappa shape index (κ3) is 7.76. The van der Waals surface area contributed by atoms with Crippen LogP contribution in [-0.4, -0.2) is 8.75 Å². The summed E-state index contributed by atoms with van der Waals surface area (Å²) in [5.41, 5.74) is 11.8. The standard InChI is InChI=1S/C57H41F6N3S/c58-56(59,60)49-19-8-6-13-42(49)37-25-29-40(30-26-37)66(41-31-27-38(28-32-41)43-14-7-9-20-50(43)57(61,62)63)51-34-33-47(54-55(51)65-67-64-54)46-17-10-18-48-52(44-15-4-5-16-45(44)53(46)48)39-23-21-36(22-24-39)35-11-2-1-3-12-35/h4-10,13-35,52H,1-3,11-12H2. The predicted octanol–water partition coefficient (Wildman–Crippen LogP) is 17.4.